The molecule has 0 radical (unpaired) electrons. The molecule has 1 aliphatic rings. The fourth-order valence-electron chi connectivity index (χ4n) is 3.72. The summed E-state index contributed by atoms with van der Waals surface area (Å²) in [5.41, 5.74) is 2.85. The third kappa shape index (κ3) is 2.62. The van der Waals surface area contributed by atoms with Gasteiger partial charge in [0.25, 0.3) is 5.91 Å². The number of likely N-dealkylation sites (tertiary alicyclic amines) is 1. The second kappa shape index (κ2) is 6.02. The van der Waals surface area contributed by atoms with E-state index in [0.29, 0.717) is 22.7 Å². The number of pyridine rings is 1. The summed E-state index contributed by atoms with van der Waals surface area (Å²) in [5, 5.41) is 5.31. The summed E-state index contributed by atoms with van der Waals surface area (Å²) in [4.78, 5) is 20.0. The number of aryl methyl sites for hydroxylation is 2. The first-order valence-corrected chi connectivity index (χ1v) is 8.75. The number of hydrogen-bond donors (Lipinski definition) is 0. The number of hydrogen-bond acceptors (Lipinski definition) is 4. The number of furan rings is 1. The van der Waals surface area contributed by atoms with Crippen LogP contribution in [0.1, 0.15) is 42.2 Å². The van der Waals surface area contributed by atoms with Crippen molar-refractivity contribution in [3.8, 4) is 11.5 Å². The Morgan fingerprint density at radius 3 is 2.92 bits per heavy atom. The minimum atomic E-state index is 0.0588. The van der Waals surface area contributed by atoms with Crippen LogP contribution in [0.2, 0.25) is 0 Å². The van der Waals surface area contributed by atoms with E-state index in [1.165, 1.54) is 6.42 Å². The normalized spacial score (nSPS) is 18.0. The SMILES string of the molecule is Cc1nn(C)c2nc(-c3ccco3)cc(C(=O)N3CCCC[C@H]3C)c12. The Labute approximate surface area is 146 Å². The van der Waals surface area contributed by atoms with E-state index in [2.05, 4.69) is 17.0 Å². The van der Waals surface area contributed by atoms with E-state index in [9.17, 15) is 4.79 Å². The number of fused-ring (bicyclic) bond motifs is 1. The van der Waals surface area contributed by atoms with Gasteiger partial charge in [0.2, 0.25) is 0 Å². The van der Waals surface area contributed by atoms with E-state index < -0.39 is 0 Å². The first-order chi connectivity index (χ1) is 12.1. The van der Waals surface area contributed by atoms with Gasteiger partial charge in [-0.05, 0) is 51.3 Å². The Bertz CT molecular complexity index is 927. The van der Waals surface area contributed by atoms with Crippen molar-refractivity contribution in [2.45, 2.75) is 39.2 Å². The minimum Gasteiger partial charge on any atom is -0.463 e. The van der Waals surface area contributed by atoms with Crippen LogP contribution in [0.5, 0.6) is 0 Å². The van der Waals surface area contributed by atoms with Crippen LogP contribution in [0.15, 0.2) is 28.9 Å². The Hall–Kier alpha value is -2.63. The molecule has 3 aromatic heterocycles. The molecule has 4 heterocycles. The van der Waals surface area contributed by atoms with Gasteiger partial charge in [0.1, 0.15) is 5.69 Å². The molecule has 130 valence electrons. The van der Waals surface area contributed by atoms with E-state index in [-0.39, 0.29) is 11.9 Å². The standard InChI is InChI=1S/C19H22N4O2/c1-12-7-4-5-9-23(12)19(24)14-11-15(16-8-6-10-25-16)20-18-17(14)13(2)21-22(18)3/h6,8,10-12H,4-5,7,9H2,1-3H3/t12-/m1/s1. The van der Waals surface area contributed by atoms with E-state index in [1.54, 1.807) is 10.9 Å². The molecule has 0 aliphatic carbocycles. The third-order valence-electron chi connectivity index (χ3n) is 5.04. The number of piperidine rings is 1. The predicted molar refractivity (Wildman–Crippen MR) is 95.3 cm³/mol. The molecule has 0 bridgehead atoms. The van der Waals surface area contributed by atoms with Gasteiger partial charge in [-0.2, -0.15) is 5.10 Å². The van der Waals surface area contributed by atoms with Crippen molar-refractivity contribution in [2.24, 2.45) is 7.05 Å². The second-order valence-corrected chi connectivity index (χ2v) is 6.78. The highest BCUT2D eigenvalue weighted by Gasteiger charge is 2.28. The zero-order chi connectivity index (χ0) is 17.6. The average Bonchev–Trinajstić information content (AvgIpc) is 3.23. The van der Waals surface area contributed by atoms with Crippen LogP contribution in [-0.2, 0) is 7.05 Å². The zero-order valence-electron chi connectivity index (χ0n) is 14.8. The van der Waals surface area contributed by atoms with Crippen LogP contribution in [0.25, 0.3) is 22.5 Å². The zero-order valence-corrected chi connectivity index (χ0v) is 14.8. The molecule has 0 N–H and O–H groups in total. The van der Waals surface area contributed by atoms with Crippen LogP contribution in [0.3, 0.4) is 0 Å². The lowest BCUT2D eigenvalue weighted by molar-refractivity contribution is 0.0637. The van der Waals surface area contributed by atoms with Gasteiger partial charge in [-0.25, -0.2) is 4.98 Å². The van der Waals surface area contributed by atoms with Gasteiger partial charge in [-0.1, -0.05) is 0 Å². The molecule has 1 aliphatic heterocycles. The van der Waals surface area contributed by atoms with Gasteiger partial charge in [0.05, 0.1) is 22.9 Å². The van der Waals surface area contributed by atoms with Gasteiger partial charge >= 0.3 is 0 Å². The number of rotatable bonds is 2. The molecular weight excluding hydrogens is 316 g/mol. The molecule has 1 fully saturated rings. The smallest absolute Gasteiger partial charge is 0.254 e. The molecular formula is C19H22N4O2. The molecule has 1 saturated heterocycles. The van der Waals surface area contributed by atoms with Crippen LogP contribution in [-0.4, -0.2) is 38.2 Å². The minimum absolute atomic E-state index is 0.0588. The maximum Gasteiger partial charge on any atom is 0.254 e. The van der Waals surface area contributed by atoms with Crippen LogP contribution in [0.4, 0.5) is 0 Å². The quantitative estimate of drug-likeness (QED) is 0.717. The fraction of sp³-hybridized carbons (Fsp3) is 0.421. The maximum absolute atomic E-state index is 13.3. The second-order valence-electron chi connectivity index (χ2n) is 6.78. The Morgan fingerprint density at radius 2 is 2.20 bits per heavy atom. The van der Waals surface area contributed by atoms with Crippen LogP contribution >= 0.6 is 0 Å². The number of carbonyl (C=O) groups excluding carboxylic acids is 1. The van der Waals surface area contributed by atoms with Gasteiger partial charge in [0, 0.05) is 19.6 Å². The van der Waals surface area contributed by atoms with Crippen molar-refractivity contribution in [2.75, 3.05) is 6.54 Å². The summed E-state index contributed by atoms with van der Waals surface area (Å²) in [6, 6.07) is 5.78. The van der Waals surface area contributed by atoms with Crippen molar-refractivity contribution >= 4 is 16.9 Å². The van der Waals surface area contributed by atoms with Gasteiger partial charge < -0.3 is 9.32 Å². The maximum atomic E-state index is 13.3. The molecule has 4 rings (SSSR count). The van der Waals surface area contributed by atoms with E-state index >= 15 is 0 Å². The van der Waals surface area contributed by atoms with E-state index in [4.69, 9.17) is 4.42 Å². The summed E-state index contributed by atoms with van der Waals surface area (Å²) in [5.74, 6) is 0.713. The number of aromatic nitrogens is 3. The Morgan fingerprint density at radius 1 is 1.36 bits per heavy atom. The van der Waals surface area contributed by atoms with Gasteiger partial charge in [0.15, 0.2) is 11.4 Å². The van der Waals surface area contributed by atoms with E-state index in [0.717, 1.165) is 30.5 Å². The van der Waals surface area contributed by atoms with Crippen molar-refractivity contribution < 1.29 is 9.21 Å². The Kier molecular flexibility index (Phi) is 3.82. The van der Waals surface area contributed by atoms with Crippen LogP contribution < -0.4 is 0 Å². The van der Waals surface area contributed by atoms with Crippen molar-refractivity contribution in [3.63, 3.8) is 0 Å². The highest BCUT2D eigenvalue weighted by atomic mass is 16.3. The van der Waals surface area contributed by atoms with Crippen molar-refractivity contribution in [3.05, 3.63) is 35.7 Å². The molecule has 1 amide bonds. The summed E-state index contributed by atoms with van der Waals surface area (Å²) < 4.78 is 7.23. The lowest BCUT2D eigenvalue weighted by Crippen LogP contribution is -2.42. The molecule has 1 atom stereocenters. The van der Waals surface area contributed by atoms with Crippen molar-refractivity contribution in [1.82, 2.24) is 19.7 Å². The molecule has 0 unspecified atom stereocenters. The van der Waals surface area contributed by atoms with Crippen molar-refractivity contribution in [1.29, 1.82) is 0 Å². The molecule has 6 heteroatoms. The average molecular weight is 338 g/mol. The van der Waals surface area contributed by atoms with Gasteiger partial charge in [-0.3, -0.25) is 9.48 Å². The summed E-state index contributed by atoms with van der Waals surface area (Å²) in [6.07, 6.45) is 4.91. The number of nitrogens with zero attached hydrogens (tertiary/aromatic N) is 4. The Balaban J connectivity index is 1.90. The topological polar surface area (TPSA) is 64.2 Å². The molecule has 25 heavy (non-hydrogen) atoms. The van der Waals surface area contributed by atoms with Gasteiger partial charge in [-0.15, -0.1) is 0 Å². The largest absolute Gasteiger partial charge is 0.463 e. The predicted octanol–water partition coefficient (Wildman–Crippen LogP) is 3.55. The highest BCUT2D eigenvalue weighted by Crippen LogP contribution is 2.29. The highest BCUT2D eigenvalue weighted by molar-refractivity contribution is 6.07. The third-order valence-corrected chi connectivity index (χ3v) is 5.04. The lowest BCUT2D eigenvalue weighted by atomic mass is 10.0. The molecule has 6 nitrogen and oxygen atoms in total. The molecule has 0 aromatic carbocycles. The lowest BCUT2D eigenvalue weighted by Gasteiger charge is -2.33. The number of amides is 1. The molecule has 0 saturated carbocycles. The monoisotopic (exact) mass is 338 g/mol. The first-order valence-electron chi connectivity index (χ1n) is 8.75. The summed E-state index contributed by atoms with van der Waals surface area (Å²) in [7, 11) is 1.85. The fourth-order valence-corrected chi connectivity index (χ4v) is 3.72. The molecule has 3 aromatic rings. The number of carbonyl (C=O) groups is 1. The first kappa shape index (κ1) is 15.9. The summed E-state index contributed by atoms with van der Waals surface area (Å²) in [6.45, 7) is 4.85. The summed E-state index contributed by atoms with van der Waals surface area (Å²) >= 11 is 0. The van der Waals surface area contributed by atoms with Crippen LogP contribution in [0, 0.1) is 6.92 Å². The molecule has 0 spiro atoms. The van der Waals surface area contributed by atoms with E-state index in [1.807, 2.05) is 37.1 Å².